The number of methoxy groups -OCH3 is 1. The molecule has 1 amide bonds. The monoisotopic (exact) mass is 368 g/mol. The summed E-state index contributed by atoms with van der Waals surface area (Å²) in [7, 11) is 1.61. The Kier molecular flexibility index (Phi) is 6.03. The molecule has 1 unspecified atom stereocenters. The van der Waals surface area contributed by atoms with Crippen molar-refractivity contribution in [3.05, 3.63) is 60.0 Å². The second-order valence-electron chi connectivity index (χ2n) is 6.52. The number of benzene rings is 1. The van der Waals surface area contributed by atoms with Crippen molar-refractivity contribution in [2.75, 3.05) is 20.3 Å². The van der Waals surface area contributed by atoms with Crippen LogP contribution in [0.15, 0.2) is 48.7 Å². The Morgan fingerprint density at radius 2 is 1.89 bits per heavy atom. The Morgan fingerprint density at radius 3 is 2.67 bits per heavy atom. The first-order chi connectivity index (χ1) is 13.1. The molecule has 0 fully saturated rings. The van der Waals surface area contributed by atoms with E-state index >= 15 is 0 Å². The SMILES string of the molecule is COCCOc1ccccc1C(=O)NC(c1nnc2ccccn12)C(C)C. The van der Waals surface area contributed by atoms with E-state index in [4.69, 9.17) is 9.47 Å². The molecule has 7 heteroatoms. The third kappa shape index (κ3) is 4.25. The quantitative estimate of drug-likeness (QED) is 0.619. The van der Waals surface area contributed by atoms with Gasteiger partial charge in [0.05, 0.1) is 18.2 Å². The number of pyridine rings is 1. The third-order valence-electron chi connectivity index (χ3n) is 4.25. The summed E-state index contributed by atoms with van der Waals surface area (Å²) < 4.78 is 12.6. The minimum atomic E-state index is -0.290. The summed E-state index contributed by atoms with van der Waals surface area (Å²) in [6.45, 7) is 4.91. The van der Waals surface area contributed by atoms with E-state index in [1.807, 2.05) is 54.8 Å². The van der Waals surface area contributed by atoms with Gasteiger partial charge in [0.1, 0.15) is 12.4 Å². The molecule has 0 saturated carbocycles. The van der Waals surface area contributed by atoms with Crippen LogP contribution in [0, 0.1) is 5.92 Å². The molecule has 1 N–H and O–H groups in total. The van der Waals surface area contributed by atoms with Gasteiger partial charge in [0.15, 0.2) is 11.5 Å². The van der Waals surface area contributed by atoms with E-state index in [1.54, 1.807) is 19.2 Å². The van der Waals surface area contributed by atoms with E-state index in [0.717, 1.165) is 5.65 Å². The normalized spacial score (nSPS) is 12.3. The predicted octanol–water partition coefficient (Wildman–Crippen LogP) is 2.88. The van der Waals surface area contributed by atoms with Gasteiger partial charge >= 0.3 is 0 Å². The van der Waals surface area contributed by atoms with Crippen LogP contribution < -0.4 is 10.1 Å². The molecule has 0 aliphatic carbocycles. The van der Waals surface area contributed by atoms with Crippen molar-refractivity contribution in [2.45, 2.75) is 19.9 Å². The number of nitrogens with one attached hydrogen (secondary N) is 1. The average molecular weight is 368 g/mol. The van der Waals surface area contributed by atoms with Crippen molar-refractivity contribution in [3.8, 4) is 5.75 Å². The fraction of sp³-hybridized carbons (Fsp3) is 0.350. The van der Waals surface area contributed by atoms with Crippen LogP contribution in [0.2, 0.25) is 0 Å². The molecule has 0 bridgehead atoms. The van der Waals surface area contributed by atoms with E-state index in [2.05, 4.69) is 15.5 Å². The molecule has 27 heavy (non-hydrogen) atoms. The van der Waals surface area contributed by atoms with Crippen LogP contribution in [0.25, 0.3) is 5.65 Å². The number of fused-ring (bicyclic) bond motifs is 1. The zero-order valence-electron chi connectivity index (χ0n) is 15.8. The van der Waals surface area contributed by atoms with Crippen LogP contribution in [0.1, 0.15) is 36.1 Å². The maximum Gasteiger partial charge on any atom is 0.255 e. The van der Waals surface area contributed by atoms with Crippen molar-refractivity contribution in [2.24, 2.45) is 5.92 Å². The van der Waals surface area contributed by atoms with Crippen LogP contribution in [-0.2, 0) is 4.74 Å². The number of hydrogen-bond donors (Lipinski definition) is 1. The second-order valence-corrected chi connectivity index (χ2v) is 6.52. The van der Waals surface area contributed by atoms with Crippen LogP contribution >= 0.6 is 0 Å². The van der Waals surface area contributed by atoms with Crippen LogP contribution in [0.4, 0.5) is 0 Å². The number of ether oxygens (including phenoxy) is 2. The predicted molar refractivity (Wildman–Crippen MR) is 102 cm³/mol. The van der Waals surface area contributed by atoms with Gasteiger partial charge < -0.3 is 14.8 Å². The molecule has 0 aliphatic rings. The average Bonchev–Trinajstić information content (AvgIpc) is 3.10. The standard InChI is InChI=1S/C20H24N4O3/c1-14(2)18(19-23-22-17-10-6-7-11-24(17)19)21-20(25)15-8-4-5-9-16(15)27-13-12-26-3/h4-11,14,18H,12-13H2,1-3H3,(H,21,25). The van der Waals surface area contributed by atoms with Gasteiger partial charge in [-0.15, -0.1) is 10.2 Å². The number of hydrogen-bond acceptors (Lipinski definition) is 5. The van der Waals surface area contributed by atoms with Gasteiger partial charge in [-0.05, 0) is 30.2 Å². The topological polar surface area (TPSA) is 77.8 Å². The molecule has 0 radical (unpaired) electrons. The third-order valence-corrected chi connectivity index (χ3v) is 4.25. The Labute approximate surface area is 158 Å². The molecule has 1 atom stereocenters. The molecule has 0 aliphatic heterocycles. The van der Waals surface area contributed by atoms with Gasteiger partial charge in [-0.2, -0.15) is 0 Å². The zero-order valence-corrected chi connectivity index (χ0v) is 15.8. The number of aromatic nitrogens is 3. The molecular formula is C20H24N4O3. The number of amides is 1. The lowest BCUT2D eigenvalue weighted by molar-refractivity contribution is 0.0915. The van der Waals surface area contributed by atoms with Crippen molar-refractivity contribution >= 4 is 11.6 Å². The molecule has 0 spiro atoms. The summed E-state index contributed by atoms with van der Waals surface area (Å²) in [4.78, 5) is 13.0. The molecule has 2 heterocycles. The first kappa shape index (κ1) is 18.8. The van der Waals surface area contributed by atoms with Gasteiger partial charge in [0.25, 0.3) is 5.91 Å². The first-order valence-electron chi connectivity index (χ1n) is 8.93. The van der Waals surface area contributed by atoms with Gasteiger partial charge in [0, 0.05) is 13.3 Å². The maximum absolute atomic E-state index is 13.0. The van der Waals surface area contributed by atoms with E-state index in [0.29, 0.717) is 30.4 Å². The van der Waals surface area contributed by atoms with Crippen molar-refractivity contribution < 1.29 is 14.3 Å². The van der Waals surface area contributed by atoms with Crippen molar-refractivity contribution in [1.29, 1.82) is 0 Å². The number of carbonyl (C=O) groups is 1. The van der Waals surface area contributed by atoms with Crippen molar-refractivity contribution in [3.63, 3.8) is 0 Å². The lowest BCUT2D eigenvalue weighted by Gasteiger charge is -2.21. The van der Waals surface area contributed by atoms with Crippen LogP contribution in [0.5, 0.6) is 5.75 Å². The summed E-state index contributed by atoms with van der Waals surface area (Å²) in [5, 5.41) is 11.6. The van der Waals surface area contributed by atoms with Gasteiger partial charge in [0.2, 0.25) is 0 Å². The Morgan fingerprint density at radius 1 is 1.11 bits per heavy atom. The van der Waals surface area contributed by atoms with Gasteiger partial charge in [-0.1, -0.05) is 32.0 Å². The minimum Gasteiger partial charge on any atom is -0.490 e. The number of carbonyl (C=O) groups excluding carboxylic acids is 1. The first-order valence-corrected chi connectivity index (χ1v) is 8.93. The molecule has 2 aromatic heterocycles. The molecule has 1 aromatic carbocycles. The molecule has 142 valence electrons. The van der Waals surface area contributed by atoms with Gasteiger partial charge in [-0.3, -0.25) is 9.20 Å². The highest BCUT2D eigenvalue weighted by Gasteiger charge is 2.25. The highest BCUT2D eigenvalue weighted by atomic mass is 16.5. The summed E-state index contributed by atoms with van der Waals surface area (Å²) in [5.74, 6) is 1.14. The largest absolute Gasteiger partial charge is 0.490 e. The lowest BCUT2D eigenvalue weighted by atomic mass is 10.0. The van der Waals surface area contributed by atoms with Crippen molar-refractivity contribution in [1.82, 2.24) is 19.9 Å². The molecule has 3 aromatic rings. The minimum absolute atomic E-state index is 0.128. The molecule has 0 saturated heterocycles. The van der Waals surface area contributed by atoms with Gasteiger partial charge in [-0.25, -0.2) is 0 Å². The summed E-state index contributed by atoms with van der Waals surface area (Å²) in [5.41, 5.74) is 1.23. The van der Waals surface area contributed by atoms with E-state index in [9.17, 15) is 4.79 Å². The highest BCUT2D eigenvalue weighted by Crippen LogP contribution is 2.24. The highest BCUT2D eigenvalue weighted by molar-refractivity contribution is 5.97. The number of rotatable bonds is 8. The van der Waals surface area contributed by atoms with E-state index in [-0.39, 0.29) is 17.9 Å². The van der Waals surface area contributed by atoms with E-state index < -0.39 is 0 Å². The summed E-state index contributed by atoms with van der Waals surface area (Å²) in [6.07, 6.45) is 1.90. The van der Waals surface area contributed by atoms with Crippen LogP contribution in [-0.4, -0.2) is 40.8 Å². The van der Waals surface area contributed by atoms with Crippen LogP contribution in [0.3, 0.4) is 0 Å². The second kappa shape index (κ2) is 8.64. The number of nitrogens with zero attached hydrogens (tertiary/aromatic N) is 3. The Hall–Kier alpha value is -2.93. The summed E-state index contributed by atoms with van der Waals surface area (Å²) in [6, 6.07) is 12.6. The maximum atomic E-state index is 13.0. The smallest absolute Gasteiger partial charge is 0.255 e. The molecular weight excluding hydrogens is 344 g/mol. The molecule has 3 rings (SSSR count). The fourth-order valence-electron chi connectivity index (χ4n) is 2.84. The molecule has 7 nitrogen and oxygen atoms in total. The lowest BCUT2D eigenvalue weighted by Crippen LogP contribution is -2.33. The fourth-order valence-corrected chi connectivity index (χ4v) is 2.84. The zero-order chi connectivity index (χ0) is 19.2. The Balaban J connectivity index is 1.85. The summed E-state index contributed by atoms with van der Waals surface area (Å²) >= 11 is 0. The number of para-hydroxylation sites is 1. The van der Waals surface area contributed by atoms with E-state index in [1.165, 1.54) is 0 Å². The Bertz CT molecular complexity index is 907.